The second-order valence-corrected chi connectivity index (χ2v) is 6.19. The third-order valence-corrected chi connectivity index (χ3v) is 4.75. The highest BCUT2D eigenvalue weighted by atomic mass is 35.5. The van der Waals surface area contributed by atoms with Crippen molar-refractivity contribution in [3.8, 4) is 0 Å². The maximum atomic E-state index is 13.5. The second kappa shape index (κ2) is 7.36. The molecule has 1 aromatic carbocycles. The lowest BCUT2D eigenvalue weighted by Gasteiger charge is -2.35. The largest absolute Gasteiger partial charge is 0.314 e. The minimum absolute atomic E-state index is 0. The number of halogens is 2. The fraction of sp³-hybridized carbons (Fsp3) is 0.375. The normalized spacial score (nSPS) is 17.2. The van der Waals surface area contributed by atoms with Gasteiger partial charge in [-0.25, -0.2) is 4.39 Å². The van der Waals surface area contributed by atoms with Gasteiger partial charge in [-0.05, 0) is 35.6 Å². The predicted octanol–water partition coefficient (Wildman–Crippen LogP) is 3.61. The Morgan fingerprint density at radius 2 is 2.00 bits per heavy atom. The highest BCUT2D eigenvalue weighted by Crippen LogP contribution is 2.32. The van der Waals surface area contributed by atoms with Crippen molar-refractivity contribution in [2.45, 2.75) is 13.0 Å². The van der Waals surface area contributed by atoms with Crippen molar-refractivity contribution in [1.82, 2.24) is 10.2 Å². The Hall–Kier alpha value is -0.940. The summed E-state index contributed by atoms with van der Waals surface area (Å²) in [7, 11) is 0. The number of piperazine rings is 1. The summed E-state index contributed by atoms with van der Waals surface area (Å²) in [5.41, 5.74) is 1.91. The quantitative estimate of drug-likeness (QED) is 0.927. The second-order valence-electron chi connectivity index (χ2n) is 5.21. The summed E-state index contributed by atoms with van der Waals surface area (Å²) in [6.07, 6.45) is 0. The van der Waals surface area contributed by atoms with Crippen LogP contribution in [0.5, 0.6) is 0 Å². The maximum Gasteiger partial charge on any atom is 0.126 e. The van der Waals surface area contributed by atoms with Gasteiger partial charge in [0.1, 0.15) is 5.82 Å². The van der Waals surface area contributed by atoms with Gasteiger partial charge >= 0.3 is 0 Å². The molecule has 3 rings (SSSR count). The zero-order valence-corrected chi connectivity index (χ0v) is 13.6. The van der Waals surface area contributed by atoms with E-state index in [4.69, 9.17) is 0 Å². The van der Waals surface area contributed by atoms with Crippen molar-refractivity contribution in [2.24, 2.45) is 0 Å². The molecule has 1 fully saturated rings. The van der Waals surface area contributed by atoms with E-state index in [1.165, 1.54) is 10.4 Å². The molecule has 0 radical (unpaired) electrons. The topological polar surface area (TPSA) is 15.3 Å². The molecule has 1 aliphatic rings. The summed E-state index contributed by atoms with van der Waals surface area (Å²) in [5, 5.41) is 5.50. The number of nitrogens with zero attached hydrogens (tertiary/aromatic N) is 1. The number of benzene rings is 1. The Morgan fingerprint density at radius 3 is 2.62 bits per heavy atom. The molecule has 1 saturated heterocycles. The third-order valence-electron chi connectivity index (χ3n) is 3.83. The fourth-order valence-electron chi connectivity index (χ4n) is 2.78. The highest BCUT2D eigenvalue weighted by molar-refractivity contribution is 7.10. The highest BCUT2D eigenvalue weighted by Gasteiger charge is 2.24. The van der Waals surface area contributed by atoms with Crippen LogP contribution in [0.15, 0.2) is 35.7 Å². The van der Waals surface area contributed by atoms with Crippen LogP contribution in [0.4, 0.5) is 4.39 Å². The average molecular weight is 327 g/mol. The molecule has 0 spiro atoms. The van der Waals surface area contributed by atoms with Crippen LogP contribution in [0.1, 0.15) is 22.0 Å². The number of aryl methyl sites for hydroxylation is 1. The Labute approximate surface area is 135 Å². The Morgan fingerprint density at radius 1 is 1.24 bits per heavy atom. The van der Waals surface area contributed by atoms with Crippen molar-refractivity contribution in [2.75, 3.05) is 26.2 Å². The molecule has 1 N–H and O–H groups in total. The SMILES string of the molecule is Cc1cc([C@H](c2cccs2)N2CCNCC2)ccc1F.Cl. The molecule has 1 atom stereocenters. The first kappa shape index (κ1) is 16.4. The molecule has 0 saturated carbocycles. The van der Waals surface area contributed by atoms with E-state index in [1.807, 2.05) is 19.1 Å². The number of nitrogens with one attached hydrogen (secondary N) is 1. The lowest BCUT2D eigenvalue weighted by Crippen LogP contribution is -2.45. The molecule has 0 unspecified atom stereocenters. The summed E-state index contributed by atoms with van der Waals surface area (Å²) >= 11 is 1.77. The number of hydrogen-bond acceptors (Lipinski definition) is 3. The smallest absolute Gasteiger partial charge is 0.126 e. The van der Waals surface area contributed by atoms with Gasteiger partial charge in [0, 0.05) is 31.1 Å². The van der Waals surface area contributed by atoms with E-state index in [1.54, 1.807) is 17.4 Å². The molecule has 1 aromatic heterocycles. The van der Waals surface area contributed by atoms with Gasteiger partial charge in [0.25, 0.3) is 0 Å². The van der Waals surface area contributed by atoms with Gasteiger partial charge in [0.15, 0.2) is 0 Å². The predicted molar refractivity (Wildman–Crippen MR) is 89.0 cm³/mol. The number of rotatable bonds is 3. The molecule has 114 valence electrons. The van der Waals surface area contributed by atoms with Gasteiger partial charge in [-0.1, -0.05) is 18.2 Å². The first-order valence-electron chi connectivity index (χ1n) is 7.00. The maximum absolute atomic E-state index is 13.5. The van der Waals surface area contributed by atoms with Crippen molar-refractivity contribution < 1.29 is 4.39 Å². The van der Waals surface area contributed by atoms with Gasteiger partial charge in [0.2, 0.25) is 0 Å². The van der Waals surface area contributed by atoms with E-state index in [-0.39, 0.29) is 24.3 Å². The lowest BCUT2D eigenvalue weighted by atomic mass is 10.0. The van der Waals surface area contributed by atoms with E-state index in [0.717, 1.165) is 31.7 Å². The number of thiophene rings is 1. The summed E-state index contributed by atoms with van der Waals surface area (Å²) < 4.78 is 13.5. The first-order chi connectivity index (χ1) is 9.75. The van der Waals surface area contributed by atoms with Gasteiger partial charge in [-0.15, -0.1) is 23.7 Å². The van der Waals surface area contributed by atoms with Gasteiger partial charge in [0.05, 0.1) is 6.04 Å². The molecule has 2 aromatic rings. The minimum Gasteiger partial charge on any atom is -0.314 e. The van der Waals surface area contributed by atoms with E-state index < -0.39 is 0 Å². The zero-order valence-electron chi connectivity index (χ0n) is 12.0. The third kappa shape index (κ3) is 3.64. The summed E-state index contributed by atoms with van der Waals surface area (Å²) in [4.78, 5) is 3.81. The summed E-state index contributed by atoms with van der Waals surface area (Å²) in [5.74, 6) is -0.126. The van der Waals surface area contributed by atoms with Gasteiger partial charge in [-0.2, -0.15) is 0 Å². The van der Waals surface area contributed by atoms with E-state index in [0.29, 0.717) is 0 Å². The molecule has 5 heteroatoms. The van der Waals surface area contributed by atoms with E-state index >= 15 is 0 Å². The van der Waals surface area contributed by atoms with Gasteiger partial charge in [-0.3, -0.25) is 4.90 Å². The van der Waals surface area contributed by atoms with Crippen LogP contribution in [0, 0.1) is 12.7 Å². The Kier molecular flexibility index (Phi) is 5.76. The zero-order chi connectivity index (χ0) is 13.9. The number of hydrogen-bond donors (Lipinski definition) is 1. The molecule has 2 heterocycles. The minimum atomic E-state index is -0.126. The van der Waals surface area contributed by atoms with Crippen LogP contribution in [0.2, 0.25) is 0 Å². The molecule has 0 aliphatic carbocycles. The molecular formula is C16H20ClFN2S. The van der Waals surface area contributed by atoms with Crippen LogP contribution in [-0.2, 0) is 0 Å². The van der Waals surface area contributed by atoms with Crippen LogP contribution >= 0.6 is 23.7 Å². The molecule has 1 aliphatic heterocycles. The van der Waals surface area contributed by atoms with Crippen molar-refractivity contribution >= 4 is 23.7 Å². The first-order valence-corrected chi connectivity index (χ1v) is 7.88. The lowest BCUT2D eigenvalue weighted by molar-refractivity contribution is 0.200. The van der Waals surface area contributed by atoms with E-state index in [9.17, 15) is 4.39 Å². The van der Waals surface area contributed by atoms with Crippen LogP contribution in [0.3, 0.4) is 0 Å². The standard InChI is InChI=1S/C16H19FN2S.ClH/c1-12-11-13(4-5-14(12)17)16(15-3-2-10-20-15)19-8-6-18-7-9-19;/h2-5,10-11,16,18H,6-9H2,1H3;1H/t16-;/m1./s1. The molecular weight excluding hydrogens is 307 g/mol. The fourth-order valence-corrected chi connectivity index (χ4v) is 3.67. The Balaban J connectivity index is 0.00000161. The average Bonchev–Trinajstić information content (AvgIpc) is 2.98. The molecule has 21 heavy (non-hydrogen) atoms. The summed E-state index contributed by atoms with van der Waals surface area (Å²) in [6.45, 7) is 5.92. The molecule has 2 nitrogen and oxygen atoms in total. The van der Waals surface area contributed by atoms with Crippen molar-refractivity contribution in [3.63, 3.8) is 0 Å². The van der Waals surface area contributed by atoms with Crippen LogP contribution in [0.25, 0.3) is 0 Å². The molecule has 0 bridgehead atoms. The Bertz CT molecular complexity index is 568. The summed E-state index contributed by atoms with van der Waals surface area (Å²) in [6, 6.07) is 10.0. The van der Waals surface area contributed by atoms with Crippen LogP contribution < -0.4 is 5.32 Å². The van der Waals surface area contributed by atoms with Crippen molar-refractivity contribution in [1.29, 1.82) is 0 Å². The van der Waals surface area contributed by atoms with E-state index in [2.05, 4.69) is 27.7 Å². The van der Waals surface area contributed by atoms with Crippen LogP contribution in [-0.4, -0.2) is 31.1 Å². The molecule has 0 amide bonds. The van der Waals surface area contributed by atoms with Crippen molar-refractivity contribution in [3.05, 3.63) is 57.5 Å². The van der Waals surface area contributed by atoms with Gasteiger partial charge < -0.3 is 5.32 Å². The monoisotopic (exact) mass is 326 g/mol.